The second kappa shape index (κ2) is 11.2. The molecule has 1 fully saturated rings. The van der Waals surface area contributed by atoms with Gasteiger partial charge in [0.1, 0.15) is 5.75 Å². The maximum absolute atomic E-state index is 11.1. The van der Waals surface area contributed by atoms with Crippen LogP contribution in [0.3, 0.4) is 0 Å². The van der Waals surface area contributed by atoms with Gasteiger partial charge in [-0.15, -0.1) is 5.10 Å². The molecular formula is C27H31N5O2S. The summed E-state index contributed by atoms with van der Waals surface area (Å²) in [6.07, 6.45) is 6.06. The molecule has 2 aromatic carbocycles. The topological polar surface area (TPSA) is 83.4 Å². The van der Waals surface area contributed by atoms with Crippen molar-refractivity contribution in [1.82, 2.24) is 24.8 Å². The lowest BCUT2D eigenvalue weighted by Gasteiger charge is -2.35. The van der Waals surface area contributed by atoms with Gasteiger partial charge in [0.2, 0.25) is 0 Å². The van der Waals surface area contributed by atoms with Gasteiger partial charge < -0.3 is 20.1 Å². The number of nitrogens with zero attached hydrogens (tertiary/aromatic N) is 4. The smallest absolute Gasteiger partial charge is 0.119 e. The molecule has 2 N–H and O–H groups in total. The molecular weight excluding hydrogens is 458 g/mol. The minimum Gasteiger partial charge on any atom is -0.497 e. The van der Waals surface area contributed by atoms with Crippen LogP contribution in [0.2, 0.25) is 0 Å². The second-order valence-electron chi connectivity index (χ2n) is 9.10. The van der Waals surface area contributed by atoms with Crippen LogP contribution in [-0.2, 0) is 6.42 Å². The van der Waals surface area contributed by atoms with Gasteiger partial charge in [-0.1, -0.05) is 34.8 Å². The fourth-order valence-electron chi connectivity index (χ4n) is 4.89. The quantitative estimate of drug-likeness (QED) is 0.365. The number of ether oxygens (including phenoxy) is 1. The van der Waals surface area contributed by atoms with Crippen molar-refractivity contribution in [2.24, 2.45) is 0 Å². The average molecular weight is 490 g/mol. The van der Waals surface area contributed by atoms with Gasteiger partial charge in [0, 0.05) is 30.2 Å². The number of aromatic nitrogens is 3. The Labute approximate surface area is 209 Å². The summed E-state index contributed by atoms with van der Waals surface area (Å²) >= 11 is 1.47. The van der Waals surface area contributed by atoms with E-state index in [2.05, 4.69) is 55.1 Å². The second-order valence-corrected chi connectivity index (χ2v) is 9.92. The molecule has 1 aliphatic heterocycles. The van der Waals surface area contributed by atoms with Gasteiger partial charge in [-0.2, -0.15) is 0 Å². The van der Waals surface area contributed by atoms with Gasteiger partial charge in [0.05, 0.1) is 29.8 Å². The zero-order chi connectivity index (χ0) is 24.0. The lowest BCUT2D eigenvalue weighted by Crippen LogP contribution is -2.45. The van der Waals surface area contributed by atoms with Crippen molar-refractivity contribution in [1.29, 1.82) is 0 Å². The number of pyridine rings is 1. The van der Waals surface area contributed by atoms with Gasteiger partial charge in [0.15, 0.2) is 0 Å². The number of fused-ring (bicyclic) bond motifs is 1. The van der Waals surface area contributed by atoms with E-state index in [4.69, 9.17) is 4.74 Å². The van der Waals surface area contributed by atoms with Gasteiger partial charge in [0.25, 0.3) is 0 Å². The summed E-state index contributed by atoms with van der Waals surface area (Å²) in [5, 5.41) is 20.0. The molecule has 2 aromatic heterocycles. The van der Waals surface area contributed by atoms with E-state index < -0.39 is 6.10 Å². The fourth-order valence-corrected chi connectivity index (χ4v) is 5.46. The lowest BCUT2D eigenvalue weighted by molar-refractivity contribution is 0.0936. The number of likely N-dealkylation sites (tertiary alicyclic amines) is 1. The first-order valence-corrected chi connectivity index (χ1v) is 12.9. The Hall–Kier alpha value is -2.91. The van der Waals surface area contributed by atoms with E-state index in [0.29, 0.717) is 12.6 Å². The maximum atomic E-state index is 11.1. The summed E-state index contributed by atoms with van der Waals surface area (Å²) in [5.74, 6) is 0.770. The Morgan fingerprint density at radius 2 is 1.97 bits per heavy atom. The first-order valence-electron chi connectivity index (χ1n) is 12.1. The van der Waals surface area contributed by atoms with E-state index in [-0.39, 0.29) is 6.04 Å². The molecule has 1 unspecified atom stereocenters. The number of aliphatic hydroxyl groups excluding tert-OH is 1. The van der Waals surface area contributed by atoms with Gasteiger partial charge in [-0.05, 0) is 79.3 Å². The van der Waals surface area contributed by atoms with Crippen LogP contribution in [0, 0.1) is 0 Å². The van der Waals surface area contributed by atoms with Gasteiger partial charge >= 0.3 is 0 Å². The lowest BCUT2D eigenvalue weighted by atomic mass is 9.99. The predicted molar refractivity (Wildman–Crippen MR) is 139 cm³/mol. The zero-order valence-electron chi connectivity index (χ0n) is 19.9. The number of methoxy groups -OCH3 is 1. The summed E-state index contributed by atoms with van der Waals surface area (Å²) in [4.78, 5) is 7.97. The molecule has 35 heavy (non-hydrogen) atoms. The summed E-state index contributed by atoms with van der Waals surface area (Å²) < 4.78 is 9.47. The highest BCUT2D eigenvalue weighted by molar-refractivity contribution is 7.05. The van der Waals surface area contributed by atoms with Crippen molar-refractivity contribution >= 4 is 22.4 Å². The number of rotatable bonds is 9. The van der Waals surface area contributed by atoms with E-state index in [1.807, 2.05) is 30.5 Å². The third kappa shape index (κ3) is 5.85. The molecule has 182 valence electrons. The van der Waals surface area contributed by atoms with Crippen LogP contribution in [0.4, 0.5) is 0 Å². The van der Waals surface area contributed by atoms with E-state index in [1.54, 1.807) is 13.3 Å². The molecule has 3 heterocycles. The molecule has 7 nitrogen and oxygen atoms in total. The van der Waals surface area contributed by atoms with Crippen LogP contribution in [-0.4, -0.2) is 57.4 Å². The van der Waals surface area contributed by atoms with Gasteiger partial charge in [-0.25, -0.2) is 0 Å². The van der Waals surface area contributed by atoms with Crippen molar-refractivity contribution in [3.63, 3.8) is 0 Å². The molecule has 0 radical (unpaired) electrons. The largest absolute Gasteiger partial charge is 0.497 e. The molecule has 8 heteroatoms. The summed E-state index contributed by atoms with van der Waals surface area (Å²) in [6.45, 7) is 2.50. The Kier molecular flexibility index (Phi) is 7.63. The fraction of sp³-hybridized carbons (Fsp3) is 0.370. The summed E-state index contributed by atoms with van der Waals surface area (Å²) in [7, 11) is 1.65. The monoisotopic (exact) mass is 489 g/mol. The van der Waals surface area contributed by atoms with Crippen LogP contribution >= 0.6 is 11.5 Å². The molecule has 1 aliphatic rings. The van der Waals surface area contributed by atoms with E-state index >= 15 is 0 Å². The molecule has 1 saturated heterocycles. The van der Waals surface area contributed by atoms with Crippen LogP contribution < -0.4 is 10.1 Å². The minimum absolute atomic E-state index is 0.206. The first-order chi connectivity index (χ1) is 17.2. The number of piperidine rings is 1. The molecule has 5 rings (SSSR count). The van der Waals surface area contributed by atoms with Crippen LogP contribution in [0.25, 0.3) is 10.9 Å². The average Bonchev–Trinajstić information content (AvgIpc) is 3.44. The van der Waals surface area contributed by atoms with Crippen molar-refractivity contribution < 1.29 is 9.84 Å². The molecule has 0 bridgehead atoms. The van der Waals surface area contributed by atoms with Gasteiger partial charge in [-0.3, -0.25) is 4.98 Å². The maximum Gasteiger partial charge on any atom is 0.119 e. The molecule has 0 aliphatic carbocycles. The SMILES string of the molecule is COc1ccc2nccc([C@@H](O)CN3CCC(NC(Cc4ccccc4)c4cnns4)CC3)c2c1. The summed E-state index contributed by atoms with van der Waals surface area (Å²) in [5.41, 5.74) is 3.07. The molecule has 0 saturated carbocycles. The third-order valence-electron chi connectivity index (χ3n) is 6.80. The van der Waals surface area contributed by atoms with Crippen LogP contribution in [0.15, 0.2) is 67.0 Å². The number of hydrogen-bond acceptors (Lipinski definition) is 8. The number of nitrogens with one attached hydrogen (secondary N) is 1. The Morgan fingerprint density at radius 3 is 2.71 bits per heavy atom. The zero-order valence-corrected chi connectivity index (χ0v) is 20.7. The molecule has 0 spiro atoms. The summed E-state index contributed by atoms with van der Waals surface area (Å²) in [6, 6.07) is 18.9. The highest BCUT2D eigenvalue weighted by atomic mass is 32.1. The molecule has 0 amide bonds. The standard InChI is InChI=1S/C27H31N5O2S/c1-34-21-7-8-24-23(16-21)22(9-12-28-24)26(33)18-32-13-10-20(11-14-32)30-25(27-17-29-31-35-27)15-19-5-3-2-4-6-19/h2-9,12,16-17,20,25-26,30,33H,10-11,13-15,18H2,1H3/t25?,26-/m0/s1. The Morgan fingerprint density at radius 1 is 1.14 bits per heavy atom. The highest BCUT2D eigenvalue weighted by Crippen LogP contribution is 2.28. The third-order valence-corrected chi connectivity index (χ3v) is 7.58. The van der Waals surface area contributed by atoms with Crippen molar-refractivity contribution in [3.05, 3.63) is 83.0 Å². The van der Waals surface area contributed by atoms with Crippen molar-refractivity contribution in [2.75, 3.05) is 26.7 Å². The number of aliphatic hydroxyl groups is 1. The van der Waals surface area contributed by atoms with Crippen molar-refractivity contribution in [2.45, 2.75) is 37.5 Å². The van der Waals surface area contributed by atoms with Crippen LogP contribution in [0.5, 0.6) is 5.75 Å². The molecule has 4 aromatic rings. The Bertz CT molecular complexity index is 1210. The highest BCUT2D eigenvalue weighted by Gasteiger charge is 2.25. The predicted octanol–water partition coefficient (Wildman–Crippen LogP) is 4.17. The minimum atomic E-state index is -0.578. The van der Waals surface area contributed by atoms with E-state index in [0.717, 1.165) is 54.6 Å². The first kappa shape index (κ1) is 23.8. The normalized spacial score (nSPS) is 16.9. The number of hydrogen-bond donors (Lipinski definition) is 2. The number of benzene rings is 2. The molecule has 2 atom stereocenters. The van der Waals surface area contributed by atoms with E-state index in [1.165, 1.54) is 22.0 Å². The van der Waals surface area contributed by atoms with Crippen LogP contribution in [0.1, 0.15) is 41.0 Å². The van der Waals surface area contributed by atoms with Crippen molar-refractivity contribution in [3.8, 4) is 5.75 Å². The number of β-amino-alcohol motifs (C(OH)–C–C–N with tert-alkyl or cyclic N) is 1. The van der Waals surface area contributed by atoms with E-state index in [9.17, 15) is 5.11 Å². The Balaban J connectivity index is 1.20.